The minimum atomic E-state index is -0.101. The van der Waals surface area contributed by atoms with Gasteiger partial charge in [-0.15, -0.1) is 0 Å². The monoisotopic (exact) mass is 332 g/mol. The maximum Gasteiger partial charge on any atom is 0.265 e. The van der Waals surface area contributed by atoms with Crippen LogP contribution in [0.25, 0.3) is 0 Å². The zero-order valence-corrected chi connectivity index (χ0v) is 14.1. The second-order valence-corrected chi connectivity index (χ2v) is 5.78. The highest BCUT2D eigenvalue weighted by Crippen LogP contribution is 2.18. The topological polar surface area (TPSA) is 42.4 Å². The first-order chi connectivity index (χ1) is 12.2. The van der Waals surface area contributed by atoms with Crippen molar-refractivity contribution in [3.63, 3.8) is 0 Å². The van der Waals surface area contributed by atoms with Crippen LogP contribution in [-0.4, -0.2) is 17.5 Å². The number of rotatable bonds is 6. The predicted octanol–water partition coefficient (Wildman–Crippen LogP) is 4.00. The largest absolute Gasteiger partial charge is 0.484 e. The summed E-state index contributed by atoms with van der Waals surface area (Å²) in [5.74, 6) is 0.587. The van der Waals surface area contributed by atoms with Gasteiger partial charge in [-0.1, -0.05) is 42.0 Å². The molecule has 0 aliphatic carbocycles. The van der Waals surface area contributed by atoms with Gasteiger partial charge in [0.15, 0.2) is 6.61 Å². The molecule has 25 heavy (non-hydrogen) atoms. The Hall–Kier alpha value is -3.14. The lowest BCUT2D eigenvalue weighted by molar-refractivity contribution is -0.120. The Labute approximate surface area is 147 Å². The number of carbonyl (C=O) groups excluding carboxylic acids is 1. The lowest BCUT2D eigenvalue weighted by atomic mass is 10.2. The molecule has 0 bridgehead atoms. The van der Waals surface area contributed by atoms with Gasteiger partial charge >= 0.3 is 0 Å². The van der Waals surface area contributed by atoms with E-state index in [1.807, 2.05) is 73.7 Å². The van der Waals surface area contributed by atoms with Gasteiger partial charge in [-0.2, -0.15) is 0 Å². The number of nitrogens with zero attached hydrogens (tertiary/aromatic N) is 2. The van der Waals surface area contributed by atoms with E-state index in [1.54, 1.807) is 17.3 Å². The molecule has 126 valence electrons. The van der Waals surface area contributed by atoms with Gasteiger partial charge in [0.2, 0.25) is 0 Å². The van der Waals surface area contributed by atoms with Crippen molar-refractivity contribution in [2.75, 3.05) is 11.5 Å². The van der Waals surface area contributed by atoms with Crippen LogP contribution in [0.4, 0.5) is 5.69 Å². The summed E-state index contributed by atoms with van der Waals surface area (Å²) in [5, 5.41) is 0. The summed E-state index contributed by atoms with van der Waals surface area (Å²) < 4.78 is 5.66. The smallest absolute Gasteiger partial charge is 0.265 e. The number of benzene rings is 2. The highest BCUT2D eigenvalue weighted by molar-refractivity contribution is 5.94. The third-order valence-corrected chi connectivity index (χ3v) is 3.82. The number of hydrogen-bond donors (Lipinski definition) is 0. The molecule has 0 aliphatic heterocycles. The van der Waals surface area contributed by atoms with Crippen molar-refractivity contribution in [2.45, 2.75) is 13.5 Å². The van der Waals surface area contributed by atoms with E-state index in [4.69, 9.17) is 4.74 Å². The molecule has 2 aromatic carbocycles. The van der Waals surface area contributed by atoms with E-state index in [0.29, 0.717) is 12.3 Å². The second-order valence-electron chi connectivity index (χ2n) is 5.78. The molecule has 0 spiro atoms. The van der Waals surface area contributed by atoms with E-state index in [0.717, 1.165) is 16.8 Å². The van der Waals surface area contributed by atoms with E-state index >= 15 is 0 Å². The molecule has 3 aromatic rings. The van der Waals surface area contributed by atoms with E-state index < -0.39 is 0 Å². The molecule has 1 amide bonds. The molecule has 0 saturated heterocycles. The van der Waals surface area contributed by atoms with Gasteiger partial charge in [-0.3, -0.25) is 9.78 Å². The fourth-order valence-corrected chi connectivity index (χ4v) is 2.46. The Bertz CT molecular complexity index is 802. The van der Waals surface area contributed by atoms with E-state index in [-0.39, 0.29) is 12.5 Å². The number of aryl methyl sites for hydroxylation is 1. The highest BCUT2D eigenvalue weighted by atomic mass is 16.5. The summed E-state index contributed by atoms with van der Waals surface area (Å²) in [6, 6.07) is 21.1. The Kier molecular flexibility index (Phi) is 5.42. The first-order valence-electron chi connectivity index (χ1n) is 8.16. The van der Waals surface area contributed by atoms with Crippen LogP contribution in [-0.2, 0) is 11.3 Å². The summed E-state index contributed by atoms with van der Waals surface area (Å²) in [4.78, 5) is 18.6. The molecule has 0 atom stereocenters. The van der Waals surface area contributed by atoms with Gasteiger partial charge in [0.1, 0.15) is 5.75 Å². The SMILES string of the molecule is Cc1ccc(OCC(=O)N(Cc2cccnc2)c2ccccc2)cc1. The normalized spacial score (nSPS) is 10.3. The molecule has 0 radical (unpaired) electrons. The van der Waals surface area contributed by atoms with Crippen molar-refractivity contribution in [1.29, 1.82) is 0 Å². The third-order valence-electron chi connectivity index (χ3n) is 3.82. The van der Waals surface area contributed by atoms with Crippen molar-refractivity contribution in [2.24, 2.45) is 0 Å². The first kappa shape index (κ1) is 16.7. The summed E-state index contributed by atoms with van der Waals surface area (Å²) >= 11 is 0. The van der Waals surface area contributed by atoms with Crippen LogP contribution in [0.15, 0.2) is 79.1 Å². The summed E-state index contributed by atoms with van der Waals surface area (Å²) in [5.41, 5.74) is 2.96. The number of pyridine rings is 1. The van der Waals surface area contributed by atoms with Crippen LogP contribution in [0.5, 0.6) is 5.75 Å². The van der Waals surface area contributed by atoms with Gasteiger partial charge in [0.05, 0.1) is 6.54 Å². The number of amides is 1. The molecule has 0 aliphatic rings. The lowest BCUT2D eigenvalue weighted by Gasteiger charge is -2.23. The molecule has 0 N–H and O–H groups in total. The molecule has 3 rings (SSSR count). The average Bonchev–Trinajstić information content (AvgIpc) is 2.67. The highest BCUT2D eigenvalue weighted by Gasteiger charge is 2.17. The van der Waals surface area contributed by atoms with Crippen molar-refractivity contribution >= 4 is 11.6 Å². The van der Waals surface area contributed by atoms with Crippen molar-refractivity contribution in [3.8, 4) is 5.75 Å². The first-order valence-corrected chi connectivity index (χ1v) is 8.16. The van der Waals surface area contributed by atoms with Crippen LogP contribution >= 0.6 is 0 Å². The van der Waals surface area contributed by atoms with Crippen molar-refractivity contribution in [1.82, 2.24) is 4.98 Å². The number of hydrogen-bond acceptors (Lipinski definition) is 3. The van der Waals surface area contributed by atoms with E-state index in [9.17, 15) is 4.79 Å². The van der Waals surface area contributed by atoms with Crippen LogP contribution in [0.1, 0.15) is 11.1 Å². The fraction of sp³-hybridized carbons (Fsp3) is 0.143. The molecular weight excluding hydrogens is 312 g/mol. The second kappa shape index (κ2) is 8.11. The van der Waals surface area contributed by atoms with Crippen LogP contribution in [0.3, 0.4) is 0 Å². The Morgan fingerprint density at radius 2 is 1.76 bits per heavy atom. The summed E-state index contributed by atoms with van der Waals surface area (Å²) in [6.45, 7) is 2.45. The lowest BCUT2D eigenvalue weighted by Crippen LogP contribution is -2.34. The molecule has 1 heterocycles. The van der Waals surface area contributed by atoms with Gasteiger partial charge in [0, 0.05) is 18.1 Å². The van der Waals surface area contributed by atoms with Crippen molar-refractivity contribution in [3.05, 3.63) is 90.3 Å². The Balaban J connectivity index is 1.74. The van der Waals surface area contributed by atoms with Crippen molar-refractivity contribution < 1.29 is 9.53 Å². The number of aromatic nitrogens is 1. The molecule has 0 fully saturated rings. The maximum absolute atomic E-state index is 12.8. The third kappa shape index (κ3) is 4.67. The quantitative estimate of drug-likeness (QED) is 0.685. The van der Waals surface area contributed by atoms with Crippen LogP contribution in [0.2, 0.25) is 0 Å². The summed E-state index contributed by atoms with van der Waals surface area (Å²) in [6.07, 6.45) is 3.49. The Morgan fingerprint density at radius 1 is 1.00 bits per heavy atom. The fourth-order valence-electron chi connectivity index (χ4n) is 2.46. The molecule has 1 aromatic heterocycles. The number of para-hydroxylation sites is 1. The number of ether oxygens (including phenoxy) is 1. The minimum Gasteiger partial charge on any atom is -0.484 e. The number of anilines is 1. The summed E-state index contributed by atoms with van der Waals surface area (Å²) in [7, 11) is 0. The zero-order valence-electron chi connectivity index (χ0n) is 14.1. The van der Waals surface area contributed by atoms with Crippen LogP contribution in [0, 0.1) is 6.92 Å². The van der Waals surface area contributed by atoms with Gasteiger partial charge in [0.25, 0.3) is 5.91 Å². The molecule has 4 heteroatoms. The molecule has 4 nitrogen and oxygen atoms in total. The standard InChI is InChI=1S/C21H20N2O2/c1-17-9-11-20(12-10-17)25-16-21(24)23(19-7-3-2-4-8-19)15-18-6-5-13-22-14-18/h2-14H,15-16H2,1H3. The van der Waals surface area contributed by atoms with E-state index in [1.165, 1.54) is 0 Å². The zero-order chi connectivity index (χ0) is 17.5. The van der Waals surface area contributed by atoms with E-state index in [2.05, 4.69) is 4.98 Å². The van der Waals surface area contributed by atoms with Gasteiger partial charge < -0.3 is 9.64 Å². The Morgan fingerprint density at radius 3 is 2.44 bits per heavy atom. The average molecular weight is 332 g/mol. The van der Waals surface area contributed by atoms with Crippen LogP contribution < -0.4 is 9.64 Å². The minimum absolute atomic E-state index is 0.0157. The molecular formula is C21H20N2O2. The number of carbonyl (C=O) groups is 1. The van der Waals surface area contributed by atoms with Gasteiger partial charge in [-0.25, -0.2) is 0 Å². The maximum atomic E-state index is 12.8. The molecule has 0 unspecified atom stereocenters. The molecule has 0 saturated carbocycles. The predicted molar refractivity (Wildman–Crippen MR) is 98.5 cm³/mol. The van der Waals surface area contributed by atoms with Gasteiger partial charge in [-0.05, 0) is 42.8 Å².